The molecule has 134 valence electrons. The highest BCUT2D eigenvalue weighted by Gasteiger charge is 2.51. The van der Waals surface area contributed by atoms with Gasteiger partial charge in [0.2, 0.25) is 0 Å². The van der Waals surface area contributed by atoms with Crippen LogP contribution >= 0.6 is 0 Å². The molecule has 0 saturated heterocycles. The summed E-state index contributed by atoms with van der Waals surface area (Å²) in [5, 5.41) is 20.4. The maximum Gasteiger partial charge on any atom is 0.184 e. The van der Waals surface area contributed by atoms with Gasteiger partial charge >= 0.3 is 0 Å². The molecular weight excluding hydrogens is 308 g/mol. The van der Waals surface area contributed by atoms with E-state index < -0.39 is 20.5 Å². The largest absolute Gasteiger partial charge is 0.411 e. The van der Waals surface area contributed by atoms with E-state index in [1.807, 2.05) is 6.08 Å². The topological polar surface area (TPSA) is 58.9 Å². The van der Waals surface area contributed by atoms with Crippen LogP contribution in [0.4, 0.5) is 0 Å². The van der Waals surface area contributed by atoms with Crippen molar-refractivity contribution in [1.29, 1.82) is 0 Å². The summed E-state index contributed by atoms with van der Waals surface area (Å²) in [6, 6.07) is 0. The summed E-state index contributed by atoms with van der Waals surface area (Å²) in [6.07, 6.45) is 2.72. The van der Waals surface area contributed by atoms with E-state index in [-0.39, 0.29) is 23.2 Å². The molecule has 0 bridgehead atoms. The highest BCUT2D eigenvalue weighted by molar-refractivity contribution is 6.69. The third-order valence-electron chi connectivity index (χ3n) is 4.78. The normalized spacial score (nSPS) is 38.9. The van der Waals surface area contributed by atoms with Crippen LogP contribution in [0.5, 0.6) is 0 Å². The standard InChI is InChI=1S/C18H34O4Si/c1-17(2,3)21-16-9-8-15(22-23(5,6)7)12-10-13(19)14(20)11-18(12,16)4/h10,13-16,19-20H,8-9,11H2,1-7H3/t13-,14-,15+,16+,18+/m1/s1. The van der Waals surface area contributed by atoms with Gasteiger partial charge in [0.05, 0.1) is 30.0 Å². The van der Waals surface area contributed by atoms with Crippen molar-refractivity contribution in [2.24, 2.45) is 5.41 Å². The zero-order valence-electron chi connectivity index (χ0n) is 15.7. The average molecular weight is 343 g/mol. The minimum Gasteiger partial charge on any atom is -0.411 e. The third-order valence-corrected chi connectivity index (χ3v) is 5.77. The Morgan fingerprint density at radius 3 is 2.30 bits per heavy atom. The molecule has 0 amide bonds. The quantitative estimate of drug-likeness (QED) is 0.611. The smallest absolute Gasteiger partial charge is 0.184 e. The molecule has 1 saturated carbocycles. The molecule has 5 heteroatoms. The SMILES string of the molecule is CC(C)(C)O[C@H]1CC[C@H](O[Si](C)(C)C)C2=C[C@@H](O)[C@H](O)C[C@@]21C. The lowest BCUT2D eigenvalue weighted by Gasteiger charge is -2.52. The van der Waals surface area contributed by atoms with Crippen molar-refractivity contribution in [3.63, 3.8) is 0 Å². The molecule has 0 aromatic rings. The van der Waals surface area contributed by atoms with Gasteiger partial charge < -0.3 is 19.4 Å². The molecule has 1 fully saturated rings. The van der Waals surface area contributed by atoms with Crippen molar-refractivity contribution >= 4 is 8.32 Å². The Hall–Kier alpha value is -0.203. The molecular formula is C18H34O4Si. The first kappa shape index (κ1) is 19.1. The van der Waals surface area contributed by atoms with E-state index in [0.29, 0.717) is 6.42 Å². The van der Waals surface area contributed by atoms with E-state index in [1.165, 1.54) is 0 Å². The van der Waals surface area contributed by atoms with Crippen molar-refractivity contribution in [2.45, 2.75) is 96.6 Å². The molecule has 0 aliphatic heterocycles. The minimum atomic E-state index is -1.69. The fourth-order valence-electron chi connectivity index (χ4n) is 3.89. The maximum absolute atomic E-state index is 10.2. The van der Waals surface area contributed by atoms with Crippen LogP contribution in [0, 0.1) is 5.41 Å². The molecule has 5 atom stereocenters. The van der Waals surface area contributed by atoms with Crippen molar-refractivity contribution < 1.29 is 19.4 Å². The first-order valence-corrected chi connectivity index (χ1v) is 12.2. The van der Waals surface area contributed by atoms with Crippen LogP contribution < -0.4 is 0 Å². The van der Waals surface area contributed by atoms with Crippen LogP contribution in [0.15, 0.2) is 11.6 Å². The van der Waals surface area contributed by atoms with Crippen LogP contribution in [0.2, 0.25) is 19.6 Å². The van der Waals surface area contributed by atoms with Gasteiger partial charge in [0.1, 0.15) is 0 Å². The van der Waals surface area contributed by atoms with Gasteiger partial charge in [-0.3, -0.25) is 0 Å². The van der Waals surface area contributed by atoms with Gasteiger partial charge in [0, 0.05) is 5.41 Å². The second-order valence-corrected chi connectivity index (χ2v) is 13.8. The zero-order valence-corrected chi connectivity index (χ0v) is 16.7. The van der Waals surface area contributed by atoms with Crippen molar-refractivity contribution in [2.75, 3.05) is 0 Å². The van der Waals surface area contributed by atoms with Crippen LogP contribution in [-0.4, -0.2) is 48.5 Å². The van der Waals surface area contributed by atoms with E-state index >= 15 is 0 Å². The molecule has 0 unspecified atom stereocenters. The summed E-state index contributed by atoms with van der Waals surface area (Å²) in [5.74, 6) is 0. The van der Waals surface area contributed by atoms with Gasteiger partial charge in [-0.25, -0.2) is 0 Å². The van der Waals surface area contributed by atoms with E-state index in [9.17, 15) is 10.2 Å². The number of fused-ring (bicyclic) bond motifs is 1. The Morgan fingerprint density at radius 2 is 1.78 bits per heavy atom. The fraction of sp³-hybridized carbons (Fsp3) is 0.889. The monoisotopic (exact) mass is 342 g/mol. The Kier molecular flexibility index (Phi) is 5.21. The Bertz CT molecular complexity index is 463. The van der Waals surface area contributed by atoms with Crippen LogP contribution in [0.1, 0.15) is 47.0 Å². The van der Waals surface area contributed by atoms with E-state index in [2.05, 4.69) is 47.3 Å². The van der Waals surface area contributed by atoms with Gasteiger partial charge in [-0.1, -0.05) is 13.0 Å². The highest BCUT2D eigenvalue weighted by Crippen LogP contribution is 2.50. The lowest BCUT2D eigenvalue weighted by atomic mass is 9.62. The number of hydrogen-bond donors (Lipinski definition) is 2. The third kappa shape index (κ3) is 4.45. The summed E-state index contributed by atoms with van der Waals surface area (Å²) in [5.41, 5.74) is 0.610. The molecule has 0 spiro atoms. The zero-order chi connectivity index (χ0) is 17.6. The predicted octanol–water partition coefficient (Wildman–Crippen LogP) is 3.24. The number of hydrogen-bond acceptors (Lipinski definition) is 4. The van der Waals surface area contributed by atoms with E-state index in [0.717, 1.165) is 18.4 Å². The molecule has 2 aliphatic rings. The fourth-order valence-corrected chi connectivity index (χ4v) is 4.99. The second kappa shape index (κ2) is 6.26. The molecule has 2 N–H and O–H groups in total. The number of aliphatic hydroxyl groups excluding tert-OH is 2. The lowest BCUT2D eigenvalue weighted by molar-refractivity contribution is -0.141. The van der Waals surface area contributed by atoms with Crippen LogP contribution in [0.25, 0.3) is 0 Å². The summed E-state index contributed by atoms with van der Waals surface area (Å²) in [4.78, 5) is 0. The first-order valence-electron chi connectivity index (χ1n) is 8.76. The minimum absolute atomic E-state index is 0.0358. The average Bonchev–Trinajstić information content (AvgIpc) is 2.33. The van der Waals surface area contributed by atoms with Gasteiger partial charge in [-0.2, -0.15) is 0 Å². The maximum atomic E-state index is 10.2. The Labute approximate surface area is 142 Å². The summed E-state index contributed by atoms with van der Waals surface area (Å²) < 4.78 is 12.7. The van der Waals surface area contributed by atoms with Crippen LogP contribution in [-0.2, 0) is 9.16 Å². The molecule has 23 heavy (non-hydrogen) atoms. The van der Waals surface area contributed by atoms with Crippen molar-refractivity contribution in [3.8, 4) is 0 Å². The number of ether oxygens (including phenoxy) is 1. The molecule has 0 radical (unpaired) electrons. The molecule has 0 heterocycles. The molecule has 2 rings (SSSR count). The Morgan fingerprint density at radius 1 is 1.17 bits per heavy atom. The van der Waals surface area contributed by atoms with E-state index in [4.69, 9.17) is 9.16 Å². The molecule has 0 aromatic heterocycles. The van der Waals surface area contributed by atoms with Gasteiger partial charge in [-0.15, -0.1) is 0 Å². The molecule has 0 aromatic carbocycles. The highest BCUT2D eigenvalue weighted by atomic mass is 28.4. The first-order chi connectivity index (χ1) is 10.3. The number of rotatable bonds is 3. The lowest BCUT2D eigenvalue weighted by Crippen LogP contribution is -2.54. The van der Waals surface area contributed by atoms with Crippen LogP contribution in [0.3, 0.4) is 0 Å². The van der Waals surface area contributed by atoms with Gasteiger partial charge in [0.15, 0.2) is 8.32 Å². The van der Waals surface area contributed by atoms with Gasteiger partial charge in [-0.05, 0) is 65.2 Å². The number of aliphatic hydroxyl groups is 2. The predicted molar refractivity (Wildman–Crippen MR) is 94.9 cm³/mol. The second-order valence-electron chi connectivity index (χ2n) is 9.32. The Balaban J connectivity index is 2.35. The molecule has 4 nitrogen and oxygen atoms in total. The molecule has 2 aliphatic carbocycles. The van der Waals surface area contributed by atoms with Crippen molar-refractivity contribution in [3.05, 3.63) is 11.6 Å². The van der Waals surface area contributed by atoms with Crippen molar-refractivity contribution in [1.82, 2.24) is 0 Å². The summed E-state index contributed by atoms with van der Waals surface area (Å²) >= 11 is 0. The summed E-state index contributed by atoms with van der Waals surface area (Å²) in [6.45, 7) is 14.9. The van der Waals surface area contributed by atoms with E-state index in [1.54, 1.807) is 0 Å². The summed E-state index contributed by atoms with van der Waals surface area (Å²) in [7, 11) is -1.69. The van der Waals surface area contributed by atoms with Gasteiger partial charge in [0.25, 0.3) is 0 Å².